The molecule has 0 bridgehead atoms. The van der Waals surface area contributed by atoms with Crippen molar-refractivity contribution < 1.29 is 39.9 Å². The maximum absolute atomic E-state index is 12.4. The molecule has 1 heterocycles. The first-order valence-corrected chi connectivity index (χ1v) is 19.5. The highest BCUT2D eigenvalue weighted by molar-refractivity contribution is 6.35. The van der Waals surface area contributed by atoms with E-state index in [2.05, 4.69) is 11.9 Å². The maximum atomic E-state index is 12.4. The molecule has 4 aliphatic carbocycles. The zero-order valence-electron chi connectivity index (χ0n) is 30.4. The first-order valence-electron chi connectivity index (χ1n) is 18.0. The third-order valence-electron chi connectivity index (χ3n) is 12.4. The van der Waals surface area contributed by atoms with Crippen LogP contribution in [-0.2, 0) is 27.5 Å². The smallest absolute Gasteiger partial charge is 0.291 e. The van der Waals surface area contributed by atoms with Gasteiger partial charge in [0.25, 0.3) is 5.09 Å². The normalized spacial score (nSPS) is 29.9. The molecule has 0 aliphatic heterocycles. The summed E-state index contributed by atoms with van der Waals surface area (Å²) < 4.78 is 8.05. The molecule has 12 nitrogen and oxygen atoms in total. The number of carbonyl (C=O) groups excluding carboxylic acids is 2. The monoisotopic (exact) mass is 839 g/mol. The number of hydrogen-bond donors (Lipinski definition) is 4. The minimum atomic E-state index is -1.54. The van der Waals surface area contributed by atoms with E-state index in [1.807, 2.05) is 29.8 Å². The molecule has 0 spiro atoms. The topological polar surface area (TPSA) is 185 Å². The lowest BCUT2D eigenvalue weighted by atomic mass is 9.45. The lowest BCUT2D eigenvalue weighted by Crippen LogP contribution is -2.62. The number of allylic oxidation sites excluding steroid dienone is 1. The molecule has 0 saturated heterocycles. The SMILES string of the molecule is C[C@]12CCC(=O)C=C1CC[C@@H]1C2[C@@H](O)C[C@@]2(C)[C@H]1CC[C@]2(O)C(=O)CO.Clc1ccc(COC(Cn2ccnc2)c2ccc(Cl)cc2Cl)c(Cl)c1.O=[N+]([O-])O. The number of Topliss-reactive ketones (excluding diaryl/α,β-unsaturated/α-hetero) is 1. The van der Waals surface area contributed by atoms with Crippen LogP contribution < -0.4 is 0 Å². The summed E-state index contributed by atoms with van der Waals surface area (Å²) in [6.07, 6.45) is 10.8. The number of ether oxygens (including phenoxy) is 1. The van der Waals surface area contributed by atoms with Crippen molar-refractivity contribution in [2.45, 2.75) is 89.8 Å². The van der Waals surface area contributed by atoms with Gasteiger partial charge in [-0.25, -0.2) is 4.98 Å². The minimum absolute atomic E-state index is 0.0697. The van der Waals surface area contributed by atoms with E-state index in [1.165, 1.54) is 5.57 Å². The molecule has 3 saturated carbocycles. The van der Waals surface area contributed by atoms with Crippen molar-refractivity contribution in [1.82, 2.24) is 9.55 Å². The number of aliphatic hydroxyl groups is 3. The van der Waals surface area contributed by atoms with Crippen molar-refractivity contribution in [3.63, 3.8) is 0 Å². The van der Waals surface area contributed by atoms with Crippen LogP contribution in [0.3, 0.4) is 0 Å². The van der Waals surface area contributed by atoms with Crippen molar-refractivity contribution in [1.29, 1.82) is 0 Å². The number of imidazole rings is 1. The molecule has 8 atom stereocenters. The Labute approximate surface area is 339 Å². The third-order valence-corrected chi connectivity index (χ3v) is 13.5. The number of carbonyl (C=O) groups is 2. The van der Waals surface area contributed by atoms with E-state index < -0.39 is 34.6 Å². The van der Waals surface area contributed by atoms with Gasteiger partial charge in [-0.15, -0.1) is 10.1 Å². The molecule has 4 aliphatic rings. The number of halogens is 4. The summed E-state index contributed by atoms with van der Waals surface area (Å²) >= 11 is 24.5. The maximum Gasteiger partial charge on any atom is 0.291 e. The van der Waals surface area contributed by atoms with E-state index in [9.17, 15) is 24.9 Å². The summed E-state index contributed by atoms with van der Waals surface area (Å²) in [5.41, 5.74) is 0.473. The Bertz CT molecular complexity index is 1910. The molecule has 3 aromatic rings. The zero-order valence-corrected chi connectivity index (χ0v) is 33.4. The molecule has 7 rings (SSSR count). The van der Waals surface area contributed by atoms with Crippen molar-refractivity contribution in [2.75, 3.05) is 6.61 Å². The lowest BCUT2D eigenvalue weighted by Gasteiger charge is -2.60. The molecule has 0 amide bonds. The summed E-state index contributed by atoms with van der Waals surface area (Å²) in [5, 5.41) is 47.7. The minimum Gasteiger partial charge on any atom is -0.393 e. The standard InChI is InChI=1S/C21H30O5.C18H14Cl4N2O.HNO3/c1-19-7-5-13(23)9-12(19)3-4-14-15-6-8-21(26,17(25)11-22)20(15,2)10-16(24)18(14)19;19-13-2-1-12(16(21)7-13)10-25-18(9-24-6-5-23-11-24)15-4-3-14(20)8-17(15)22;2-1(3)4/h9,14-16,18,22,24,26H,3-8,10-11H2,1-2H3;1-8,11,18H,9-10H2;(H,2,3,4)/t14-,15-,16-,18?,19-,20-,21-;;/m0../s1. The molecule has 2 aromatic carbocycles. The average Bonchev–Trinajstić information content (AvgIpc) is 3.73. The highest BCUT2D eigenvalue weighted by atomic mass is 35.5. The van der Waals surface area contributed by atoms with Crippen molar-refractivity contribution in [2.24, 2.45) is 28.6 Å². The number of nitrogens with zero attached hydrogens (tertiary/aromatic N) is 3. The van der Waals surface area contributed by atoms with E-state index >= 15 is 0 Å². The first kappa shape index (κ1) is 43.1. The molecule has 298 valence electrons. The molecule has 1 aromatic heterocycles. The number of rotatable bonds is 8. The number of hydrogen-bond acceptors (Lipinski definition) is 9. The Hall–Kier alpha value is -3.07. The predicted octanol–water partition coefficient (Wildman–Crippen LogP) is 7.89. The molecule has 16 heteroatoms. The van der Waals surface area contributed by atoms with E-state index in [4.69, 9.17) is 66.5 Å². The number of aliphatic hydroxyl groups excluding tert-OH is 2. The zero-order chi connectivity index (χ0) is 40.3. The van der Waals surface area contributed by atoms with Crippen LogP contribution in [0, 0.1) is 38.7 Å². The predicted molar refractivity (Wildman–Crippen MR) is 207 cm³/mol. The highest BCUT2D eigenvalue weighted by Crippen LogP contribution is 2.67. The van der Waals surface area contributed by atoms with Crippen LogP contribution in [0.5, 0.6) is 0 Å². The lowest BCUT2D eigenvalue weighted by molar-refractivity contribution is -0.742. The molecular formula is C39H45Cl4N3O9. The van der Waals surface area contributed by atoms with Crippen molar-refractivity contribution in [3.05, 3.63) is 108 Å². The van der Waals surface area contributed by atoms with Crippen LogP contribution in [0.2, 0.25) is 20.1 Å². The fourth-order valence-electron chi connectivity index (χ4n) is 9.70. The van der Waals surface area contributed by atoms with Crippen LogP contribution in [0.1, 0.15) is 76.0 Å². The van der Waals surface area contributed by atoms with Gasteiger partial charge in [0.1, 0.15) is 18.3 Å². The number of aromatic nitrogens is 2. The summed E-state index contributed by atoms with van der Waals surface area (Å²) in [5.74, 6) is 0.140. The van der Waals surface area contributed by atoms with Crippen LogP contribution in [0.15, 0.2) is 66.8 Å². The molecular weight excluding hydrogens is 796 g/mol. The van der Waals surface area contributed by atoms with Gasteiger partial charge in [-0.1, -0.05) is 78.0 Å². The summed E-state index contributed by atoms with van der Waals surface area (Å²) in [6, 6.07) is 10.7. The van der Waals surface area contributed by atoms with Crippen LogP contribution >= 0.6 is 46.4 Å². The van der Waals surface area contributed by atoms with E-state index in [1.54, 1.807) is 42.9 Å². The Kier molecular flexibility index (Phi) is 13.8. The van der Waals surface area contributed by atoms with Gasteiger partial charge < -0.3 is 29.8 Å². The Morgan fingerprint density at radius 2 is 1.75 bits per heavy atom. The fraction of sp³-hybridized carbons (Fsp3) is 0.513. The van der Waals surface area contributed by atoms with Crippen LogP contribution in [-0.4, -0.2) is 65.0 Å². The molecule has 0 radical (unpaired) electrons. The average molecular weight is 842 g/mol. The fourth-order valence-corrected chi connectivity index (χ4v) is 10.7. The van der Waals surface area contributed by atoms with E-state index in [-0.39, 0.29) is 35.1 Å². The van der Waals surface area contributed by atoms with Gasteiger partial charge in [0.15, 0.2) is 11.6 Å². The molecule has 4 N–H and O–H groups in total. The molecule has 3 fully saturated rings. The Morgan fingerprint density at radius 1 is 1.07 bits per heavy atom. The van der Waals surface area contributed by atoms with E-state index in [0.29, 0.717) is 52.5 Å². The van der Waals surface area contributed by atoms with Crippen LogP contribution in [0.25, 0.3) is 0 Å². The van der Waals surface area contributed by atoms with Gasteiger partial charge in [-0.2, -0.15) is 0 Å². The molecule has 55 heavy (non-hydrogen) atoms. The Morgan fingerprint density at radius 3 is 2.36 bits per heavy atom. The Balaban J connectivity index is 0.000000193. The molecule has 2 unspecified atom stereocenters. The van der Waals surface area contributed by atoms with Gasteiger partial charge in [0.2, 0.25) is 0 Å². The van der Waals surface area contributed by atoms with Gasteiger partial charge in [0.05, 0.1) is 25.6 Å². The highest BCUT2D eigenvalue weighted by Gasteiger charge is 2.68. The number of ketones is 2. The van der Waals surface area contributed by atoms with E-state index in [0.717, 1.165) is 36.8 Å². The van der Waals surface area contributed by atoms with Crippen LogP contribution in [0.4, 0.5) is 0 Å². The summed E-state index contributed by atoms with van der Waals surface area (Å²) in [6.45, 7) is 4.35. The van der Waals surface area contributed by atoms with Gasteiger partial charge in [0, 0.05) is 49.9 Å². The number of fused-ring (bicyclic) bond motifs is 5. The number of benzene rings is 2. The quantitative estimate of drug-likeness (QED) is 0.128. The summed E-state index contributed by atoms with van der Waals surface area (Å²) in [7, 11) is 0. The first-order chi connectivity index (χ1) is 25.9. The second-order valence-corrected chi connectivity index (χ2v) is 16.9. The second-order valence-electron chi connectivity index (χ2n) is 15.3. The van der Waals surface area contributed by atoms with Gasteiger partial charge >= 0.3 is 0 Å². The van der Waals surface area contributed by atoms with Crippen molar-refractivity contribution >= 4 is 58.0 Å². The van der Waals surface area contributed by atoms with Gasteiger partial charge in [-0.3, -0.25) is 9.59 Å². The van der Waals surface area contributed by atoms with Gasteiger partial charge in [-0.05, 0) is 97.6 Å². The summed E-state index contributed by atoms with van der Waals surface area (Å²) in [4.78, 5) is 36.7. The van der Waals surface area contributed by atoms with Crippen molar-refractivity contribution in [3.8, 4) is 0 Å². The second kappa shape index (κ2) is 17.6. The third kappa shape index (κ3) is 9.07. The largest absolute Gasteiger partial charge is 0.393 e.